The molecule has 2 aliphatic rings. The van der Waals surface area contributed by atoms with Crippen molar-refractivity contribution in [2.75, 3.05) is 39.3 Å². The number of carbonyl (C=O) groups is 1. The maximum atomic E-state index is 11.7. The Labute approximate surface area is 137 Å². The lowest BCUT2D eigenvalue weighted by Gasteiger charge is -2.36. The van der Waals surface area contributed by atoms with Crippen LogP contribution in [0.4, 0.5) is 4.79 Å². The highest BCUT2D eigenvalue weighted by molar-refractivity contribution is 5.76. The minimum absolute atomic E-state index is 0.0692. The monoisotopic (exact) mass is 319 g/mol. The third kappa shape index (κ3) is 4.36. The Kier molecular flexibility index (Phi) is 5.35. The predicted octanol–water partition coefficient (Wildman–Crippen LogP) is 0.916. The molecule has 1 aromatic rings. The number of hydrogen-bond donors (Lipinski definition) is 2. The summed E-state index contributed by atoms with van der Waals surface area (Å²) in [5.41, 5.74) is 0. The fraction of sp³-hybridized carbons (Fsp3) is 0.588. The molecule has 2 saturated heterocycles. The van der Waals surface area contributed by atoms with Crippen molar-refractivity contribution >= 4 is 6.03 Å². The molecule has 0 saturated carbocycles. The number of aliphatic hydroxyl groups is 1. The van der Waals surface area contributed by atoms with Gasteiger partial charge in [-0.1, -0.05) is 18.2 Å². The minimum atomic E-state index is -0.498. The lowest BCUT2D eigenvalue weighted by atomic mass is 10.0. The number of nitrogens with one attached hydrogen (secondary N) is 1. The SMILES string of the molecule is O=C1NCCN1C1CCN(C[C@H](O)COc2ccccc2)CC1. The predicted molar refractivity (Wildman–Crippen MR) is 87.5 cm³/mol. The van der Waals surface area contributed by atoms with Crippen LogP contribution in [-0.4, -0.2) is 72.4 Å². The fourth-order valence-electron chi connectivity index (χ4n) is 3.31. The van der Waals surface area contributed by atoms with E-state index in [4.69, 9.17) is 4.74 Å². The number of hydrogen-bond acceptors (Lipinski definition) is 4. The van der Waals surface area contributed by atoms with Crippen LogP contribution >= 0.6 is 0 Å². The zero-order chi connectivity index (χ0) is 16.1. The average molecular weight is 319 g/mol. The van der Waals surface area contributed by atoms with Gasteiger partial charge in [0.1, 0.15) is 18.5 Å². The third-order valence-electron chi connectivity index (χ3n) is 4.54. The molecule has 0 bridgehead atoms. The summed E-state index contributed by atoms with van der Waals surface area (Å²) in [5.74, 6) is 0.783. The van der Waals surface area contributed by atoms with Crippen molar-refractivity contribution in [2.45, 2.75) is 25.0 Å². The number of amides is 2. The van der Waals surface area contributed by atoms with Crippen molar-refractivity contribution < 1.29 is 14.6 Å². The molecule has 2 aliphatic heterocycles. The highest BCUT2D eigenvalue weighted by Crippen LogP contribution is 2.18. The van der Waals surface area contributed by atoms with Crippen molar-refractivity contribution in [1.82, 2.24) is 15.1 Å². The first-order valence-electron chi connectivity index (χ1n) is 8.35. The number of aliphatic hydroxyl groups excluding tert-OH is 1. The van der Waals surface area contributed by atoms with Gasteiger partial charge in [0.25, 0.3) is 0 Å². The number of para-hydroxylation sites is 1. The van der Waals surface area contributed by atoms with Gasteiger partial charge in [0.2, 0.25) is 0 Å². The van der Waals surface area contributed by atoms with E-state index < -0.39 is 6.10 Å². The first-order chi connectivity index (χ1) is 11.2. The number of likely N-dealkylation sites (tertiary alicyclic amines) is 1. The summed E-state index contributed by atoms with van der Waals surface area (Å²) >= 11 is 0. The summed E-state index contributed by atoms with van der Waals surface area (Å²) in [5, 5.41) is 13.0. The number of β-amino-alcohol motifs (C(OH)–C–C–N with tert-alkyl or cyclic N) is 1. The van der Waals surface area contributed by atoms with Gasteiger partial charge in [0, 0.05) is 38.8 Å². The molecule has 0 radical (unpaired) electrons. The van der Waals surface area contributed by atoms with E-state index in [9.17, 15) is 9.90 Å². The number of rotatable bonds is 6. The third-order valence-corrected chi connectivity index (χ3v) is 4.54. The smallest absolute Gasteiger partial charge is 0.317 e. The molecule has 126 valence electrons. The molecule has 2 amide bonds. The largest absolute Gasteiger partial charge is 0.491 e. The fourth-order valence-corrected chi connectivity index (χ4v) is 3.31. The Balaban J connectivity index is 1.37. The Morgan fingerprint density at radius 2 is 1.96 bits per heavy atom. The van der Waals surface area contributed by atoms with Gasteiger partial charge in [0.05, 0.1) is 0 Å². The van der Waals surface area contributed by atoms with Gasteiger partial charge < -0.3 is 25.0 Å². The molecule has 0 unspecified atom stereocenters. The van der Waals surface area contributed by atoms with Gasteiger partial charge in [-0.2, -0.15) is 0 Å². The van der Waals surface area contributed by atoms with Gasteiger partial charge in [-0.25, -0.2) is 4.79 Å². The first-order valence-corrected chi connectivity index (χ1v) is 8.35. The Morgan fingerprint density at radius 1 is 1.22 bits per heavy atom. The first kappa shape index (κ1) is 16.1. The van der Waals surface area contributed by atoms with E-state index in [1.807, 2.05) is 35.2 Å². The van der Waals surface area contributed by atoms with Crippen LogP contribution in [0, 0.1) is 0 Å². The van der Waals surface area contributed by atoms with Crippen LogP contribution in [0.5, 0.6) is 5.75 Å². The molecule has 0 spiro atoms. The second-order valence-electron chi connectivity index (χ2n) is 6.23. The summed E-state index contributed by atoms with van der Waals surface area (Å²) < 4.78 is 5.59. The Hall–Kier alpha value is -1.79. The molecular weight excluding hydrogens is 294 g/mol. The van der Waals surface area contributed by atoms with E-state index in [0.29, 0.717) is 19.2 Å². The van der Waals surface area contributed by atoms with E-state index in [1.165, 1.54) is 0 Å². The summed E-state index contributed by atoms with van der Waals surface area (Å²) in [6, 6.07) is 9.96. The number of piperidine rings is 1. The van der Waals surface area contributed by atoms with Crippen molar-refractivity contribution in [2.24, 2.45) is 0 Å². The van der Waals surface area contributed by atoms with Gasteiger partial charge in [0.15, 0.2) is 0 Å². The number of nitrogens with zero attached hydrogens (tertiary/aromatic N) is 2. The van der Waals surface area contributed by atoms with Gasteiger partial charge in [-0.3, -0.25) is 0 Å². The molecule has 1 atom stereocenters. The highest BCUT2D eigenvalue weighted by atomic mass is 16.5. The zero-order valence-corrected chi connectivity index (χ0v) is 13.4. The molecular formula is C17H25N3O3. The summed E-state index contributed by atoms with van der Waals surface area (Å²) in [4.78, 5) is 15.9. The van der Waals surface area contributed by atoms with Crippen LogP contribution in [0.15, 0.2) is 30.3 Å². The minimum Gasteiger partial charge on any atom is -0.491 e. The van der Waals surface area contributed by atoms with Crippen molar-refractivity contribution in [3.8, 4) is 5.75 Å². The van der Waals surface area contributed by atoms with Crippen LogP contribution in [-0.2, 0) is 0 Å². The molecule has 6 nitrogen and oxygen atoms in total. The Bertz CT molecular complexity index is 503. The van der Waals surface area contributed by atoms with E-state index in [0.717, 1.165) is 44.8 Å². The number of ether oxygens (including phenoxy) is 1. The van der Waals surface area contributed by atoms with E-state index in [2.05, 4.69) is 10.2 Å². The van der Waals surface area contributed by atoms with Gasteiger partial charge in [-0.15, -0.1) is 0 Å². The maximum absolute atomic E-state index is 11.7. The van der Waals surface area contributed by atoms with Crippen molar-refractivity contribution in [1.29, 1.82) is 0 Å². The lowest BCUT2D eigenvalue weighted by Crippen LogP contribution is -2.48. The van der Waals surface area contributed by atoms with Crippen LogP contribution in [0.3, 0.4) is 0 Å². The van der Waals surface area contributed by atoms with E-state index in [1.54, 1.807) is 0 Å². The summed E-state index contributed by atoms with van der Waals surface area (Å²) in [7, 11) is 0. The standard InChI is InChI=1S/C17H25N3O3/c21-15(13-23-16-4-2-1-3-5-16)12-19-9-6-14(7-10-19)20-11-8-18-17(20)22/h1-5,14-15,21H,6-13H2,(H,18,22)/t15-/m0/s1. The number of urea groups is 1. The molecule has 3 rings (SSSR count). The molecule has 0 aliphatic carbocycles. The molecule has 2 fully saturated rings. The molecule has 0 aromatic heterocycles. The molecule has 2 heterocycles. The molecule has 1 aromatic carbocycles. The highest BCUT2D eigenvalue weighted by Gasteiger charge is 2.30. The number of carbonyl (C=O) groups excluding carboxylic acids is 1. The average Bonchev–Trinajstić information content (AvgIpc) is 3.01. The normalized spacial score (nSPS) is 21.3. The van der Waals surface area contributed by atoms with E-state index >= 15 is 0 Å². The van der Waals surface area contributed by atoms with Crippen molar-refractivity contribution in [3.05, 3.63) is 30.3 Å². The lowest BCUT2D eigenvalue weighted by molar-refractivity contribution is 0.0508. The maximum Gasteiger partial charge on any atom is 0.317 e. The summed E-state index contributed by atoms with van der Waals surface area (Å²) in [6.45, 7) is 4.32. The van der Waals surface area contributed by atoms with Crippen LogP contribution in [0.25, 0.3) is 0 Å². The zero-order valence-electron chi connectivity index (χ0n) is 13.4. The van der Waals surface area contributed by atoms with Crippen LogP contribution in [0.2, 0.25) is 0 Å². The molecule has 2 N–H and O–H groups in total. The second kappa shape index (κ2) is 7.66. The van der Waals surface area contributed by atoms with Gasteiger partial charge in [-0.05, 0) is 25.0 Å². The van der Waals surface area contributed by atoms with Crippen molar-refractivity contribution in [3.63, 3.8) is 0 Å². The molecule has 6 heteroatoms. The van der Waals surface area contributed by atoms with Crippen LogP contribution < -0.4 is 10.1 Å². The van der Waals surface area contributed by atoms with Gasteiger partial charge >= 0.3 is 6.03 Å². The molecule has 23 heavy (non-hydrogen) atoms. The number of benzene rings is 1. The van der Waals surface area contributed by atoms with E-state index in [-0.39, 0.29) is 6.03 Å². The quantitative estimate of drug-likeness (QED) is 0.818. The van der Waals surface area contributed by atoms with Crippen LogP contribution in [0.1, 0.15) is 12.8 Å². The topological polar surface area (TPSA) is 65.0 Å². The Morgan fingerprint density at radius 3 is 2.61 bits per heavy atom. The summed E-state index contributed by atoms with van der Waals surface area (Å²) in [6.07, 6.45) is 1.45. The second-order valence-corrected chi connectivity index (χ2v) is 6.23.